The van der Waals surface area contributed by atoms with Gasteiger partial charge in [-0.3, -0.25) is 0 Å². The molecule has 2 aromatic heterocycles. The molecule has 0 radical (unpaired) electrons. The summed E-state index contributed by atoms with van der Waals surface area (Å²) in [5, 5.41) is 4.59. The highest BCUT2D eigenvalue weighted by atomic mass is 16.5. The van der Waals surface area contributed by atoms with Crippen LogP contribution in [0.25, 0.3) is 16.8 Å². The fourth-order valence-electron chi connectivity index (χ4n) is 3.16. The van der Waals surface area contributed by atoms with Gasteiger partial charge in [-0.1, -0.05) is 48.5 Å². The maximum absolute atomic E-state index is 5.50. The van der Waals surface area contributed by atoms with E-state index in [1.54, 1.807) is 7.11 Å². The number of benzene rings is 2. The van der Waals surface area contributed by atoms with E-state index in [1.807, 2.05) is 53.3 Å². The summed E-state index contributed by atoms with van der Waals surface area (Å²) in [5.74, 6) is 1.80. The minimum absolute atomic E-state index is 0.795. The summed E-state index contributed by atoms with van der Waals surface area (Å²) in [7, 11) is 3.74. The van der Waals surface area contributed by atoms with E-state index in [9.17, 15) is 0 Å². The topological polar surface area (TPSA) is 42.7 Å². The third-order valence-corrected chi connectivity index (χ3v) is 4.43. The monoisotopic (exact) mass is 344 g/mol. The average Bonchev–Trinajstić information content (AvgIpc) is 3.12. The maximum Gasteiger partial charge on any atom is 0.165 e. The Morgan fingerprint density at radius 3 is 2.54 bits per heavy atom. The number of fused-ring (bicyclic) bond motifs is 1. The van der Waals surface area contributed by atoms with Crippen molar-refractivity contribution in [3.63, 3.8) is 0 Å². The molecule has 0 aliphatic carbocycles. The van der Waals surface area contributed by atoms with E-state index < -0.39 is 0 Å². The Balaban J connectivity index is 1.76. The minimum atomic E-state index is 0.795. The quantitative estimate of drug-likeness (QED) is 0.548. The van der Waals surface area contributed by atoms with E-state index in [0.29, 0.717) is 0 Å². The van der Waals surface area contributed by atoms with Crippen LogP contribution in [0, 0.1) is 0 Å². The zero-order chi connectivity index (χ0) is 17.9. The normalized spacial score (nSPS) is 10.8. The maximum atomic E-state index is 5.50. The molecule has 2 aromatic carbocycles. The van der Waals surface area contributed by atoms with E-state index >= 15 is 0 Å². The lowest BCUT2D eigenvalue weighted by Crippen LogP contribution is -2.19. The lowest BCUT2D eigenvalue weighted by atomic mass is 10.1. The second kappa shape index (κ2) is 6.88. The van der Waals surface area contributed by atoms with Gasteiger partial charge < -0.3 is 9.64 Å². The van der Waals surface area contributed by atoms with Crippen molar-refractivity contribution in [1.82, 2.24) is 14.6 Å². The first kappa shape index (κ1) is 16.1. The molecule has 0 spiro atoms. The molecule has 0 aliphatic heterocycles. The summed E-state index contributed by atoms with van der Waals surface area (Å²) in [6, 6.07) is 20.3. The molecule has 2 heterocycles. The van der Waals surface area contributed by atoms with Crippen molar-refractivity contribution in [3.05, 3.63) is 78.6 Å². The van der Waals surface area contributed by atoms with Gasteiger partial charge in [-0.2, -0.15) is 9.61 Å². The minimum Gasteiger partial charge on any atom is -0.496 e. The molecule has 5 nitrogen and oxygen atoms in total. The van der Waals surface area contributed by atoms with E-state index in [-0.39, 0.29) is 0 Å². The third kappa shape index (κ3) is 2.88. The van der Waals surface area contributed by atoms with Gasteiger partial charge in [0.05, 0.1) is 18.9 Å². The molecule has 0 saturated carbocycles. The number of anilines is 1. The lowest BCUT2D eigenvalue weighted by Gasteiger charge is -2.20. The van der Waals surface area contributed by atoms with Crippen LogP contribution in [0.2, 0.25) is 0 Å². The van der Waals surface area contributed by atoms with Crippen molar-refractivity contribution in [1.29, 1.82) is 0 Å². The summed E-state index contributed by atoms with van der Waals surface area (Å²) < 4.78 is 7.38. The van der Waals surface area contributed by atoms with Crippen LogP contribution in [0.4, 0.5) is 5.82 Å². The fourth-order valence-corrected chi connectivity index (χ4v) is 3.16. The summed E-state index contributed by atoms with van der Waals surface area (Å²) in [4.78, 5) is 6.73. The van der Waals surface area contributed by atoms with Crippen molar-refractivity contribution in [3.8, 4) is 16.9 Å². The molecule has 0 saturated heterocycles. The summed E-state index contributed by atoms with van der Waals surface area (Å²) >= 11 is 0. The predicted molar refractivity (Wildman–Crippen MR) is 104 cm³/mol. The highest BCUT2D eigenvalue weighted by Crippen LogP contribution is 2.32. The van der Waals surface area contributed by atoms with Crippen molar-refractivity contribution in [2.75, 3.05) is 19.1 Å². The van der Waals surface area contributed by atoms with E-state index in [4.69, 9.17) is 4.74 Å². The van der Waals surface area contributed by atoms with Crippen LogP contribution < -0.4 is 9.64 Å². The Morgan fingerprint density at radius 1 is 0.962 bits per heavy atom. The SMILES string of the molecule is COc1ccccc1-c1cnn2c(N(C)Cc3ccccc3)ccnc12. The molecule has 0 unspecified atom stereocenters. The zero-order valence-corrected chi connectivity index (χ0v) is 14.8. The van der Waals surface area contributed by atoms with Gasteiger partial charge >= 0.3 is 0 Å². The van der Waals surface area contributed by atoms with Crippen molar-refractivity contribution >= 4 is 11.5 Å². The number of para-hydroxylation sites is 1. The number of aromatic nitrogens is 3. The van der Waals surface area contributed by atoms with Crippen LogP contribution in [0.15, 0.2) is 73.1 Å². The van der Waals surface area contributed by atoms with Crippen LogP contribution in [-0.2, 0) is 6.54 Å². The van der Waals surface area contributed by atoms with Crippen LogP contribution in [0.3, 0.4) is 0 Å². The van der Waals surface area contributed by atoms with Gasteiger partial charge in [0.1, 0.15) is 11.6 Å². The van der Waals surface area contributed by atoms with Crippen LogP contribution in [0.1, 0.15) is 5.56 Å². The molecular formula is C21H20N4O. The van der Waals surface area contributed by atoms with Gasteiger partial charge in [0.15, 0.2) is 5.65 Å². The molecule has 26 heavy (non-hydrogen) atoms. The molecular weight excluding hydrogens is 324 g/mol. The number of nitrogens with zero attached hydrogens (tertiary/aromatic N) is 4. The first-order valence-corrected chi connectivity index (χ1v) is 8.49. The van der Waals surface area contributed by atoms with Crippen molar-refractivity contribution in [2.45, 2.75) is 6.54 Å². The Morgan fingerprint density at radius 2 is 1.73 bits per heavy atom. The second-order valence-electron chi connectivity index (χ2n) is 6.14. The standard InChI is InChI=1S/C21H20N4O/c1-24(15-16-8-4-3-5-9-16)20-12-13-22-21-18(14-23-25(20)21)17-10-6-7-11-19(17)26-2/h3-14H,15H2,1-2H3. The highest BCUT2D eigenvalue weighted by Gasteiger charge is 2.15. The average molecular weight is 344 g/mol. The number of hydrogen-bond acceptors (Lipinski definition) is 4. The van der Waals surface area contributed by atoms with Crippen LogP contribution in [0.5, 0.6) is 5.75 Å². The molecule has 0 aliphatic rings. The van der Waals surface area contributed by atoms with Gasteiger partial charge in [0.2, 0.25) is 0 Å². The molecule has 0 fully saturated rings. The van der Waals surface area contributed by atoms with Crippen LogP contribution >= 0.6 is 0 Å². The number of methoxy groups -OCH3 is 1. The van der Waals surface area contributed by atoms with E-state index in [0.717, 1.165) is 34.9 Å². The molecule has 4 rings (SSSR count). The molecule has 0 atom stereocenters. The molecule has 0 bridgehead atoms. The highest BCUT2D eigenvalue weighted by molar-refractivity contribution is 5.81. The first-order valence-electron chi connectivity index (χ1n) is 8.49. The molecule has 0 amide bonds. The Kier molecular flexibility index (Phi) is 4.27. The Hall–Kier alpha value is -3.34. The van der Waals surface area contributed by atoms with Gasteiger partial charge in [-0.05, 0) is 17.7 Å². The van der Waals surface area contributed by atoms with E-state index in [1.165, 1.54) is 5.56 Å². The number of ether oxygens (including phenoxy) is 1. The second-order valence-corrected chi connectivity index (χ2v) is 6.14. The van der Waals surface area contributed by atoms with Gasteiger partial charge in [-0.15, -0.1) is 0 Å². The van der Waals surface area contributed by atoms with E-state index in [2.05, 4.69) is 46.3 Å². The number of hydrogen-bond donors (Lipinski definition) is 0. The third-order valence-electron chi connectivity index (χ3n) is 4.43. The van der Waals surface area contributed by atoms with Gasteiger partial charge in [0, 0.05) is 25.4 Å². The smallest absolute Gasteiger partial charge is 0.165 e. The van der Waals surface area contributed by atoms with Crippen LogP contribution in [-0.4, -0.2) is 28.8 Å². The first-order chi connectivity index (χ1) is 12.8. The van der Waals surface area contributed by atoms with Gasteiger partial charge in [-0.25, -0.2) is 4.98 Å². The summed E-state index contributed by atoms with van der Waals surface area (Å²) in [6.07, 6.45) is 3.67. The fraction of sp³-hybridized carbons (Fsp3) is 0.143. The Labute approximate surface area is 152 Å². The molecule has 5 heteroatoms. The van der Waals surface area contributed by atoms with Crippen molar-refractivity contribution in [2.24, 2.45) is 0 Å². The zero-order valence-electron chi connectivity index (χ0n) is 14.8. The molecule has 4 aromatic rings. The van der Waals surface area contributed by atoms with Gasteiger partial charge in [0.25, 0.3) is 0 Å². The largest absolute Gasteiger partial charge is 0.496 e. The Bertz CT molecular complexity index is 1030. The number of rotatable bonds is 5. The molecule has 0 N–H and O–H groups in total. The molecule has 130 valence electrons. The summed E-state index contributed by atoms with van der Waals surface area (Å²) in [6.45, 7) is 0.795. The lowest BCUT2D eigenvalue weighted by molar-refractivity contribution is 0.416. The predicted octanol–water partition coefficient (Wildman–Crippen LogP) is 4.04. The van der Waals surface area contributed by atoms with Crippen molar-refractivity contribution < 1.29 is 4.74 Å². The summed E-state index contributed by atoms with van der Waals surface area (Å²) in [5.41, 5.74) is 4.00.